The van der Waals surface area contributed by atoms with E-state index in [1.54, 1.807) is 6.20 Å². The lowest BCUT2D eigenvalue weighted by atomic mass is 9.97. The lowest BCUT2D eigenvalue weighted by Crippen LogP contribution is -2.41. The molecule has 0 aromatic carbocycles. The van der Waals surface area contributed by atoms with Crippen LogP contribution in [0, 0.1) is 5.92 Å². The number of carbonyl (C=O) groups excluding carboxylic acids is 6. The molecular weight excluding hydrogens is 600 g/mol. The lowest BCUT2D eigenvalue weighted by molar-refractivity contribution is -0.116. The molecular formula is C36H64N4O7. The quantitative estimate of drug-likeness (QED) is 0.119. The topological polar surface area (TPSA) is 144 Å². The fourth-order valence-electron chi connectivity index (χ4n) is 4.34. The largest absolute Gasteiger partial charge is 0.392 e. The molecule has 11 heteroatoms. The van der Waals surface area contributed by atoms with Gasteiger partial charge in [-0.3, -0.25) is 14.4 Å². The Morgan fingerprint density at radius 1 is 0.894 bits per heavy atom. The molecule has 2 aliphatic heterocycles. The van der Waals surface area contributed by atoms with Crippen LogP contribution >= 0.6 is 0 Å². The maximum absolute atomic E-state index is 10.3. The van der Waals surface area contributed by atoms with Gasteiger partial charge in [0.25, 0.3) is 0 Å². The fraction of sp³-hybridized carbons (Fsp3) is 0.667. The van der Waals surface area contributed by atoms with Crippen LogP contribution in [-0.2, 0) is 28.8 Å². The first-order valence-electron chi connectivity index (χ1n) is 16.9. The molecule has 2 N–H and O–H groups in total. The van der Waals surface area contributed by atoms with E-state index in [4.69, 9.17) is 4.79 Å². The van der Waals surface area contributed by atoms with Gasteiger partial charge in [0.15, 0.2) is 0 Å². The average Bonchev–Trinajstić information content (AvgIpc) is 3.09. The molecule has 0 bridgehead atoms. The Bertz CT molecular complexity index is 833. The van der Waals surface area contributed by atoms with E-state index >= 15 is 0 Å². The Morgan fingerprint density at radius 2 is 1.51 bits per heavy atom. The van der Waals surface area contributed by atoms with E-state index in [1.165, 1.54) is 44.3 Å². The highest BCUT2D eigenvalue weighted by Gasteiger charge is 2.24. The number of aliphatic hydroxyl groups excluding tert-OH is 1. The van der Waals surface area contributed by atoms with Gasteiger partial charge in [-0.15, -0.1) is 0 Å². The van der Waals surface area contributed by atoms with Crippen LogP contribution < -0.4 is 5.32 Å². The first-order valence-corrected chi connectivity index (χ1v) is 16.9. The Kier molecular flexibility index (Phi) is 40.1. The second kappa shape index (κ2) is 39.1. The van der Waals surface area contributed by atoms with Crippen LogP contribution in [-0.4, -0.2) is 130 Å². The standard InChI is InChI=1S/C11H21NO2.C8H15NO.C7H13NO2.C7H11NO.C3H4O/c1-2-3-4-7-12(8-5-10-13)9-6-11-14;1-2-3-4-6-9-7-5-8-10;1-8-3-2-7(10)6(4-8)5-9;1-8-4-2-3-7(5-8)6-9;1-2-3-4/h10-11H,2-9H2,1H3;5,7-9H,2-4,6H2,1H3;5-7,10H,2-4H2,1H3;3,6H,2,4-5H2,1H3;2-3H,1H2/b;7-5-;;;. The van der Waals surface area contributed by atoms with Gasteiger partial charge in [0.2, 0.25) is 0 Å². The summed E-state index contributed by atoms with van der Waals surface area (Å²) in [6, 6.07) is 0. The van der Waals surface area contributed by atoms with Crippen LogP contribution in [0.1, 0.15) is 78.1 Å². The number of unbranched alkanes of at least 4 members (excludes halogenated alkanes) is 4. The van der Waals surface area contributed by atoms with Gasteiger partial charge in [-0.1, -0.05) is 52.2 Å². The van der Waals surface area contributed by atoms with Crippen molar-refractivity contribution in [3.63, 3.8) is 0 Å². The van der Waals surface area contributed by atoms with Crippen molar-refractivity contribution in [3.05, 3.63) is 36.6 Å². The number of likely N-dealkylation sites (N-methyl/N-ethyl adjacent to an activating group) is 1. The van der Waals surface area contributed by atoms with E-state index in [0.29, 0.717) is 25.7 Å². The van der Waals surface area contributed by atoms with Crippen LogP contribution in [0.2, 0.25) is 0 Å². The van der Waals surface area contributed by atoms with Crippen molar-refractivity contribution in [2.24, 2.45) is 5.92 Å². The van der Waals surface area contributed by atoms with Gasteiger partial charge in [-0.2, -0.15) is 0 Å². The lowest BCUT2D eigenvalue weighted by Gasteiger charge is -2.30. The van der Waals surface area contributed by atoms with Crippen molar-refractivity contribution in [1.82, 2.24) is 20.0 Å². The van der Waals surface area contributed by atoms with E-state index in [-0.39, 0.29) is 5.92 Å². The van der Waals surface area contributed by atoms with Crippen LogP contribution in [0.5, 0.6) is 0 Å². The first kappa shape index (κ1) is 48.3. The molecule has 270 valence electrons. The summed E-state index contributed by atoms with van der Waals surface area (Å²) < 4.78 is 0. The van der Waals surface area contributed by atoms with Crippen molar-refractivity contribution in [1.29, 1.82) is 0 Å². The summed E-state index contributed by atoms with van der Waals surface area (Å²) in [5, 5.41) is 12.2. The fourth-order valence-corrected chi connectivity index (χ4v) is 4.34. The molecule has 0 spiro atoms. The Morgan fingerprint density at radius 3 is 1.96 bits per heavy atom. The van der Waals surface area contributed by atoms with Gasteiger partial charge in [-0.05, 0) is 64.7 Å². The van der Waals surface area contributed by atoms with E-state index < -0.39 is 6.10 Å². The molecule has 2 aliphatic rings. The van der Waals surface area contributed by atoms with Gasteiger partial charge in [0, 0.05) is 64.2 Å². The average molecular weight is 665 g/mol. The number of nitrogens with zero attached hydrogens (tertiary/aromatic N) is 3. The minimum atomic E-state index is -0.409. The SMILES string of the molecule is C=CC=O.CCCCCN(CCC=O)CCC=O.CCCCCN/C=C\C=O.CN1CCC(O)C(C=O)C1.CN1CCC=C(C=O)C1. The van der Waals surface area contributed by atoms with E-state index in [1.807, 2.05) is 20.2 Å². The molecule has 47 heavy (non-hydrogen) atoms. The van der Waals surface area contributed by atoms with Crippen LogP contribution in [0.3, 0.4) is 0 Å². The van der Waals surface area contributed by atoms with E-state index in [2.05, 4.69) is 40.4 Å². The van der Waals surface area contributed by atoms with E-state index in [9.17, 15) is 29.1 Å². The first-order chi connectivity index (χ1) is 22.7. The molecule has 2 atom stereocenters. The zero-order chi connectivity index (χ0) is 36.0. The smallest absolute Gasteiger partial charge is 0.147 e. The third-order valence-electron chi connectivity index (χ3n) is 7.04. The number of aliphatic hydroxyl groups is 1. The number of nitrogens with one attached hydrogen (secondary N) is 1. The molecule has 0 radical (unpaired) electrons. The molecule has 1 fully saturated rings. The third-order valence-corrected chi connectivity index (χ3v) is 7.04. The molecule has 0 saturated carbocycles. The number of allylic oxidation sites excluding steroid dienone is 2. The van der Waals surface area contributed by atoms with Gasteiger partial charge in [0.05, 0.1) is 12.0 Å². The number of piperidine rings is 1. The second-order valence-electron chi connectivity index (χ2n) is 11.3. The van der Waals surface area contributed by atoms with Crippen molar-refractivity contribution in [2.75, 3.05) is 66.5 Å². The summed E-state index contributed by atoms with van der Waals surface area (Å²) in [4.78, 5) is 66.2. The molecule has 11 nitrogen and oxygen atoms in total. The summed E-state index contributed by atoms with van der Waals surface area (Å²) >= 11 is 0. The number of hydrogen-bond donors (Lipinski definition) is 2. The van der Waals surface area contributed by atoms with Gasteiger partial charge in [-0.25, -0.2) is 0 Å². The number of hydrogen-bond acceptors (Lipinski definition) is 11. The molecule has 2 unspecified atom stereocenters. The third kappa shape index (κ3) is 35.6. The van der Waals surface area contributed by atoms with E-state index in [0.717, 1.165) is 102 Å². The molecule has 1 saturated heterocycles. The highest BCUT2D eigenvalue weighted by molar-refractivity contribution is 5.73. The highest BCUT2D eigenvalue weighted by Crippen LogP contribution is 2.13. The number of rotatable bonds is 19. The molecule has 0 aromatic heterocycles. The molecule has 2 heterocycles. The monoisotopic (exact) mass is 664 g/mol. The predicted octanol–water partition coefficient (Wildman–Crippen LogP) is 3.45. The summed E-state index contributed by atoms with van der Waals surface area (Å²) in [6.45, 7) is 14.5. The Labute approximate surface area is 284 Å². The van der Waals surface area contributed by atoms with Crippen molar-refractivity contribution < 1.29 is 33.9 Å². The summed E-state index contributed by atoms with van der Waals surface area (Å²) in [6.07, 6.45) is 21.2. The minimum Gasteiger partial charge on any atom is -0.392 e. The molecule has 0 aliphatic carbocycles. The maximum Gasteiger partial charge on any atom is 0.147 e. The summed E-state index contributed by atoms with van der Waals surface area (Å²) in [5.74, 6) is -0.168. The molecule has 2 rings (SSSR count). The summed E-state index contributed by atoms with van der Waals surface area (Å²) in [5.41, 5.74) is 0.920. The molecule has 0 aromatic rings. The second-order valence-corrected chi connectivity index (χ2v) is 11.3. The van der Waals surface area contributed by atoms with Crippen molar-refractivity contribution in [2.45, 2.75) is 84.2 Å². The van der Waals surface area contributed by atoms with Crippen LogP contribution in [0.15, 0.2) is 36.6 Å². The zero-order valence-electron chi connectivity index (χ0n) is 29.6. The predicted molar refractivity (Wildman–Crippen MR) is 190 cm³/mol. The minimum absolute atomic E-state index is 0.168. The number of likely N-dealkylation sites (tertiary alicyclic amines) is 1. The van der Waals surface area contributed by atoms with Crippen LogP contribution in [0.25, 0.3) is 0 Å². The van der Waals surface area contributed by atoms with Crippen molar-refractivity contribution >= 4 is 37.7 Å². The van der Waals surface area contributed by atoms with Gasteiger partial charge < -0.3 is 39.5 Å². The Balaban J connectivity index is -0.000000534. The molecule has 0 amide bonds. The van der Waals surface area contributed by atoms with Crippen LogP contribution in [0.4, 0.5) is 0 Å². The number of aldehydes is 6. The number of carbonyl (C=O) groups is 6. The normalized spacial score (nSPS) is 17.4. The highest BCUT2D eigenvalue weighted by atomic mass is 16.3. The summed E-state index contributed by atoms with van der Waals surface area (Å²) in [7, 11) is 3.98. The van der Waals surface area contributed by atoms with Gasteiger partial charge in [0.1, 0.15) is 37.7 Å². The zero-order valence-corrected chi connectivity index (χ0v) is 29.6. The van der Waals surface area contributed by atoms with Gasteiger partial charge >= 0.3 is 0 Å². The maximum atomic E-state index is 10.3. The van der Waals surface area contributed by atoms with Crippen molar-refractivity contribution in [3.8, 4) is 0 Å². The Hall–Kier alpha value is -3.12.